The highest BCUT2D eigenvalue weighted by atomic mass is 16.5. The number of rotatable bonds is 3. The van der Waals surface area contributed by atoms with Crippen molar-refractivity contribution in [1.29, 1.82) is 0 Å². The number of aromatic nitrogens is 1. The summed E-state index contributed by atoms with van der Waals surface area (Å²) in [6, 6.07) is 4.87. The molecule has 0 saturated heterocycles. The second kappa shape index (κ2) is 4.22. The first-order valence-electron chi connectivity index (χ1n) is 5.01. The number of nitrogens with one attached hydrogen (secondary N) is 1. The quantitative estimate of drug-likeness (QED) is 0.800. The van der Waals surface area contributed by atoms with E-state index in [1.165, 1.54) is 0 Å². The Morgan fingerprint density at radius 3 is 3.06 bits per heavy atom. The van der Waals surface area contributed by atoms with Gasteiger partial charge in [0.25, 0.3) is 0 Å². The smallest absolute Gasteiger partial charge is 0.365 e. The maximum atomic E-state index is 11.7. The van der Waals surface area contributed by atoms with Crippen LogP contribution in [0.4, 0.5) is 0 Å². The lowest BCUT2D eigenvalue weighted by Gasteiger charge is -2.02. The number of ether oxygens (including phenoxy) is 1. The van der Waals surface area contributed by atoms with E-state index < -0.39 is 11.6 Å². The van der Waals surface area contributed by atoms with E-state index in [0.717, 1.165) is 6.42 Å². The van der Waals surface area contributed by atoms with Crippen molar-refractivity contribution in [3.63, 3.8) is 0 Å². The van der Waals surface area contributed by atoms with Crippen molar-refractivity contribution < 1.29 is 14.1 Å². The van der Waals surface area contributed by atoms with Crippen molar-refractivity contribution in [3.8, 4) is 0 Å². The SMILES string of the molecule is CCCOC(=O)c1cccc2[nH]oc(=O)c12. The van der Waals surface area contributed by atoms with Crippen molar-refractivity contribution in [2.24, 2.45) is 0 Å². The molecule has 1 heterocycles. The summed E-state index contributed by atoms with van der Waals surface area (Å²) >= 11 is 0. The van der Waals surface area contributed by atoms with Gasteiger partial charge in [0.05, 0.1) is 17.7 Å². The zero-order valence-electron chi connectivity index (χ0n) is 8.78. The fourth-order valence-electron chi connectivity index (χ4n) is 1.45. The number of hydrogen-bond acceptors (Lipinski definition) is 4. The molecule has 0 amide bonds. The molecule has 16 heavy (non-hydrogen) atoms. The van der Waals surface area contributed by atoms with Crippen LogP contribution in [-0.4, -0.2) is 17.7 Å². The highest BCUT2D eigenvalue weighted by molar-refractivity contribution is 6.02. The summed E-state index contributed by atoms with van der Waals surface area (Å²) in [5, 5.41) is 2.68. The number of esters is 1. The minimum absolute atomic E-state index is 0.237. The minimum Gasteiger partial charge on any atom is -0.462 e. The van der Waals surface area contributed by atoms with Crippen LogP contribution in [0.25, 0.3) is 10.9 Å². The zero-order chi connectivity index (χ0) is 11.5. The van der Waals surface area contributed by atoms with Gasteiger partial charge in [-0.25, -0.2) is 14.7 Å². The minimum atomic E-state index is -0.556. The van der Waals surface area contributed by atoms with Crippen LogP contribution in [-0.2, 0) is 4.74 Å². The standard InChI is InChI=1S/C11H11NO4/c1-2-6-15-10(13)7-4-3-5-8-9(7)11(14)16-12-8/h3-5,12H,2,6H2,1H3. The molecular weight excluding hydrogens is 210 g/mol. The zero-order valence-corrected chi connectivity index (χ0v) is 8.78. The highest BCUT2D eigenvalue weighted by Gasteiger charge is 2.15. The lowest BCUT2D eigenvalue weighted by Crippen LogP contribution is -2.09. The molecule has 2 rings (SSSR count). The second-order valence-electron chi connectivity index (χ2n) is 3.36. The average molecular weight is 221 g/mol. The Morgan fingerprint density at radius 1 is 1.50 bits per heavy atom. The van der Waals surface area contributed by atoms with E-state index in [1.807, 2.05) is 6.92 Å². The first-order valence-corrected chi connectivity index (χ1v) is 5.01. The summed E-state index contributed by atoms with van der Waals surface area (Å²) < 4.78 is 9.60. The van der Waals surface area contributed by atoms with Crippen LogP contribution < -0.4 is 5.63 Å². The van der Waals surface area contributed by atoms with Gasteiger partial charge in [-0.15, -0.1) is 0 Å². The largest absolute Gasteiger partial charge is 0.462 e. The summed E-state index contributed by atoms with van der Waals surface area (Å²) in [6.07, 6.45) is 0.740. The van der Waals surface area contributed by atoms with Gasteiger partial charge in [0.15, 0.2) is 0 Å². The van der Waals surface area contributed by atoms with Crippen LogP contribution >= 0.6 is 0 Å². The molecule has 5 heteroatoms. The molecule has 0 radical (unpaired) electrons. The molecule has 0 bridgehead atoms. The molecule has 0 fully saturated rings. The Bertz CT molecular complexity index is 567. The van der Waals surface area contributed by atoms with Crippen molar-refractivity contribution in [2.45, 2.75) is 13.3 Å². The fourth-order valence-corrected chi connectivity index (χ4v) is 1.45. The predicted molar refractivity (Wildman–Crippen MR) is 57.4 cm³/mol. The van der Waals surface area contributed by atoms with Gasteiger partial charge in [-0.2, -0.15) is 0 Å². The van der Waals surface area contributed by atoms with Crippen LogP contribution in [0.5, 0.6) is 0 Å². The lowest BCUT2D eigenvalue weighted by atomic mass is 10.1. The Morgan fingerprint density at radius 2 is 2.31 bits per heavy atom. The molecule has 84 valence electrons. The molecule has 1 aromatic carbocycles. The molecule has 0 spiro atoms. The molecular formula is C11H11NO4. The molecule has 1 aromatic heterocycles. The van der Waals surface area contributed by atoms with Crippen LogP contribution in [0.3, 0.4) is 0 Å². The van der Waals surface area contributed by atoms with E-state index in [9.17, 15) is 9.59 Å². The van der Waals surface area contributed by atoms with Crippen molar-refractivity contribution >= 4 is 16.9 Å². The van der Waals surface area contributed by atoms with Gasteiger partial charge in [0.2, 0.25) is 0 Å². The molecule has 2 aromatic rings. The Hall–Kier alpha value is -2.04. The average Bonchev–Trinajstić information content (AvgIpc) is 2.68. The third-order valence-corrected chi connectivity index (χ3v) is 2.18. The van der Waals surface area contributed by atoms with Crippen LogP contribution in [0, 0.1) is 0 Å². The summed E-state index contributed by atoms with van der Waals surface area (Å²) in [7, 11) is 0. The van der Waals surface area contributed by atoms with Gasteiger partial charge < -0.3 is 9.26 Å². The summed E-state index contributed by atoms with van der Waals surface area (Å²) in [4.78, 5) is 23.0. The first kappa shape index (κ1) is 10.5. The molecule has 0 saturated carbocycles. The number of carbonyl (C=O) groups is 1. The maximum absolute atomic E-state index is 11.7. The van der Waals surface area contributed by atoms with Crippen molar-refractivity contribution in [3.05, 3.63) is 34.2 Å². The molecule has 0 aliphatic heterocycles. The van der Waals surface area contributed by atoms with Gasteiger partial charge in [0.1, 0.15) is 5.39 Å². The van der Waals surface area contributed by atoms with Crippen LogP contribution in [0.2, 0.25) is 0 Å². The third-order valence-electron chi connectivity index (χ3n) is 2.18. The van der Waals surface area contributed by atoms with Gasteiger partial charge in [-0.05, 0) is 18.6 Å². The number of benzene rings is 1. The topological polar surface area (TPSA) is 72.3 Å². The van der Waals surface area contributed by atoms with E-state index in [0.29, 0.717) is 12.1 Å². The normalized spacial score (nSPS) is 10.6. The van der Waals surface area contributed by atoms with Crippen molar-refractivity contribution in [2.75, 3.05) is 6.61 Å². The fraction of sp³-hybridized carbons (Fsp3) is 0.273. The Labute approximate surface area is 91.0 Å². The Balaban J connectivity index is 2.47. The monoisotopic (exact) mass is 221 g/mol. The second-order valence-corrected chi connectivity index (χ2v) is 3.36. The third kappa shape index (κ3) is 1.71. The number of aromatic amines is 1. The van der Waals surface area contributed by atoms with E-state index in [1.54, 1.807) is 18.2 Å². The summed E-state index contributed by atoms with van der Waals surface area (Å²) in [5.41, 5.74) is 0.177. The number of H-pyrrole nitrogens is 1. The number of carbonyl (C=O) groups excluding carboxylic acids is 1. The van der Waals surface area contributed by atoms with Gasteiger partial charge in [0, 0.05) is 0 Å². The van der Waals surface area contributed by atoms with Crippen LogP contribution in [0.15, 0.2) is 27.5 Å². The van der Waals surface area contributed by atoms with E-state index in [2.05, 4.69) is 9.68 Å². The molecule has 0 aliphatic carbocycles. The van der Waals surface area contributed by atoms with E-state index in [-0.39, 0.29) is 10.9 Å². The predicted octanol–water partition coefficient (Wildman–Crippen LogP) is 1.69. The van der Waals surface area contributed by atoms with E-state index >= 15 is 0 Å². The van der Waals surface area contributed by atoms with Crippen molar-refractivity contribution in [1.82, 2.24) is 5.16 Å². The number of fused-ring (bicyclic) bond motifs is 1. The molecule has 0 atom stereocenters. The number of hydrogen-bond donors (Lipinski definition) is 1. The van der Waals surface area contributed by atoms with Crippen LogP contribution in [0.1, 0.15) is 23.7 Å². The molecule has 5 nitrogen and oxygen atoms in total. The first-order chi connectivity index (χ1) is 7.74. The summed E-state index contributed by atoms with van der Waals surface area (Å²) in [5.74, 6) is -0.501. The molecule has 0 unspecified atom stereocenters. The highest BCUT2D eigenvalue weighted by Crippen LogP contribution is 2.14. The summed E-state index contributed by atoms with van der Waals surface area (Å²) in [6.45, 7) is 2.24. The van der Waals surface area contributed by atoms with E-state index in [4.69, 9.17) is 4.74 Å². The molecule has 1 N–H and O–H groups in total. The van der Waals surface area contributed by atoms with Gasteiger partial charge in [-0.3, -0.25) is 0 Å². The maximum Gasteiger partial charge on any atom is 0.365 e. The molecule has 0 aliphatic rings. The Kier molecular flexibility index (Phi) is 2.76. The van der Waals surface area contributed by atoms with Gasteiger partial charge in [-0.1, -0.05) is 13.0 Å². The lowest BCUT2D eigenvalue weighted by molar-refractivity contribution is 0.0507. The van der Waals surface area contributed by atoms with Gasteiger partial charge >= 0.3 is 11.6 Å².